The quantitative estimate of drug-likeness (QED) is 0.685. The van der Waals surface area contributed by atoms with E-state index in [1.807, 2.05) is 0 Å². The Bertz CT molecular complexity index is 1030. The first kappa shape index (κ1) is 19.0. The van der Waals surface area contributed by atoms with Crippen molar-refractivity contribution in [3.8, 4) is 0 Å². The van der Waals surface area contributed by atoms with E-state index < -0.39 is 15.6 Å². The van der Waals surface area contributed by atoms with Crippen LogP contribution in [0.2, 0.25) is 0 Å². The van der Waals surface area contributed by atoms with Crippen molar-refractivity contribution in [2.45, 2.75) is 63.1 Å². The number of fused-ring (bicyclic) bond motifs is 2. The van der Waals surface area contributed by atoms with Gasteiger partial charge in [-0.2, -0.15) is 9.29 Å². The molecule has 0 atom stereocenters. The number of nitrogens with zero attached hydrogens (tertiary/aromatic N) is 3. The molecule has 0 radical (unpaired) electrons. The number of aromatic nitrogens is 3. The third-order valence-corrected chi connectivity index (χ3v) is 8.26. The Morgan fingerprint density at radius 1 is 1.14 bits per heavy atom. The Balaban J connectivity index is 1.39. The summed E-state index contributed by atoms with van der Waals surface area (Å²) in [5, 5.41) is 19.9. The van der Waals surface area contributed by atoms with Gasteiger partial charge in [0, 0.05) is 24.7 Å². The summed E-state index contributed by atoms with van der Waals surface area (Å²) in [5.74, 6) is 0.213. The SMILES string of the molecule is CC(C)(O)C1CN(S(=O)(=O)c2nc(Nc3c4c(cc5c3CCC5)CCC4)n[nH]2)C1. The van der Waals surface area contributed by atoms with E-state index in [0.717, 1.165) is 44.2 Å². The number of nitrogens with one attached hydrogen (secondary N) is 2. The number of sulfonamides is 1. The van der Waals surface area contributed by atoms with Crippen LogP contribution in [0.4, 0.5) is 11.6 Å². The lowest BCUT2D eigenvalue weighted by molar-refractivity contribution is -0.0340. The molecule has 5 rings (SSSR count). The van der Waals surface area contributed by atoms with Gasteiger partial charge in [0.2, 0.25) is 5.95 Å². The molecule has 1 aromatic heterocycles. The van der Waals surface area contributed by atoms with Crippen LogP contribution in [-0.4, -0.2) is 51.7 Å². The van der Waals surface area contributed by atoms with Crippen LogP contribution < -0.4 is 5.32 Å². The second-order valence-corrected chi connectivity index (χ2v) is 10.8. The predicted molar refractivity (Wildman–Crippen MR) is 109 cm³/mol. The molecule has 1 fully saturated rings. The molecule has 156 valence electrons. The summed E-state index contributed by atoms with van der Waals surface area (Å²) in [6, 6.07) is 2.35. The van der Waals surface area contributed by atoms with E-state index in [4.69, 9.17) is 0 Å². The molecule has 2 aromatic rings. The summed E-state index contributed by atoms with van der Waals surface area (Å²) in [4.78, 5) is 4.25. The zero-order chi connectivity index (χ0) is 20.4. The van der Waals surface area contributed by atoms with Crippen LogP contribution in [-0.2, 0) is 35.7 Å². The predicted octanol–water partition coefficient (Wildman–Crippen LogP) is 1.92. The number of benzene rings is 1. The molecule has 8 nitrogen and oxygen atoms in total. The third kappa shape index (κ3) is 3.15. The fourth-order valence-corrected chi connectivity index (χ4v) is 6.06. The summed E-state index contributed by atoms with van der Waals surface area (Å²) in [7, 11) is -3.74. The van der Waals surface area contributed by atoms with Crippen molar-refractivity contribution >= 4 is 21.7 Å². The normalized spacial score (nSPS) is 19.8. The standard InChI is InChI=1S/C20H27N5O3S/c1-20(2,26)14-10-25(11-14)29(27,28)19-22-18(23-24-19)21-17-15-7-3-5-12(15)9-13-6-4-8-16(13)17/h9,14,26H,3-8,10-11H2,1-2H3,(H2,21,22,23,24). The largest absolute Gasteiger partial charge is 0.390 e. The van der Waals surface area contributed by atoms with Gasteiger partial charge >= 0.3 is 0 Å². The summed E-state index contributed by atoms with van der Waals surface area (Å²) < 4.78 is 27.0. The van der Waals surface area contributed by atoms with Crippen molar-refractivity contribution in [1.29, 1.82) is 0 Å². The highest BCUT2D eigenvalue weighted by Gasteiger charge is 2.44. The first-order valence-corrected chi connectivity index (χ1v) is 11.8. The maximum absolute atomic E-state index is 12.8. The molecule has 2 heterocycles. The lowest BCUT2D eigenvalue weighted by Gasteiger charge is -2.43. The minimum atomic E-state index is -3.74. The Labute approximate surface area is 170 Å². The van der Waals surface area contributed by atoms with E-state index in [-0.39, 0.29) is 30.1 Å². The fraction of sp³-hybridized carbons (Fsp3) is 0.600. The zero-order valence-corrected chi connectivity index (χ0v) is 17.6. The molecule has 1 aliphatic heterocycles. The summed E-state index contributed by atoms with van der Waals surface area (Å²) in [6.07, 6.45) is 6.57. The van der Waals surface area contributed by atoms with Gasteiger partial charge in [0.1, 0.15) is 0 Å². The van der Waals surface area contributed by atoms with E-state index in [2.05, 4.69) is 26.6 Å². The van der Waals surface area contributed by atoms with Crippen LogP contribution in [0.5, 0.6) is 0 Å². The van der Waals surface area contributed by atoms with Gasteiger partial charge in [0.15, 0.2) is 0 Å². The molecule has 0 amide bonds. The lowest BCUT2D eigenvalue weighted by Crippen LogP contribution is -2.57. The van der Waals surface area contributed by atoms with Gasteiger partial charge in [0.05, 0.1) is 5.60 Å². The molecule has 29 heavy (non-hydrogen) atoms. The molecular weight excluding hydrogens is 390 g/mol. The maximum atomic E-state index is 12.8. The second kappa shape index (κ2) is 6.52. The monoisotopic (exact) mass is 417 g/mol. The van der Waals surface area contributed by atoms with Crippen molar-refractivity contribution in [2.24, 2.45) is 5.92 Å². The molecular formula is C20H27N5O3S. The highest BCUT2D eigenvalue weighted by molar-refractivity contribution is 7.89. The number of aryl methyl sites for hydroxylation is 2. The first-order chi connectivity index (χ1) is 13.7. The minimum absolute atomic E-state index is 0.0766. The highest BCUT2D eigenvalue weighted by Crippen LogP contribution is 2.39. The Hall–Kier alpha value is -1.97. The molecule has 0 saturated carbocycles. The summed E-state index contributed by atoms with van der Waals surface area (Å²) in [5.41, 5.74) is 5.64. The van der Waals surface area contributed by atoms with Gasteiger partial charge in [0.25, 0.3) is 15.2 Å². The molecule has 3 aliphatic rings. The fourth-order valence-electron chi connectivity index (χ4n) is 4.70. The highest BCUT2D eigenvalue weighted by atomic mass is 32.2. The van der Waals surface area contributed by atoms with Gasteiger partial charge in [-0.15, -0.1) is 5.10 Å². The van der Waals surface area contributed by atoms with E-state index >= 15 is 0 Å². The lowest BCUT2D eigenvalue weighted by atomic mass is 9.86. The Morgan fingerprint density at radius 3 is 2.34 bits per heavy atom. The number of hydrogen-bond acceptors (Lipinski definition) is 6. The van der Waals surface area contributed by atoms with Crippen molar-refractivity contribution in [3.63, 3.8) is 0 Å². The van der Waals surface area contributed by atoms with Gasteiger partial charge in [-0.05, 0) is 74.6 Å². The molecule has 0 unspecified atom stereocenters. The van der Waals surface area contributed by atoms with E-state index in [1.54, 1.807) is 13.8 Å². The first-order valence-electron chi connectivity index (χ1n) is 10.3. The van der Waals surface area contributed by atoms with Crippen LogP contribution in [0.25, 0.3) is 0 Å². The number of hydrogen-bond donors (Lipinski definition) is 3. The van der Waals surface area contributed by atoms with Crippen molar-refractivity contribution < 1.29 is 13.5 Å². The van der Waals surface area contributed by atoms with Crippen molar-refractivity contribution in [2.75, 3.05) is 18.4 Å². The number of rotatable bonds is 5. The van der Waals surface area contributed by atoms with Crippen molar-refractivity contribution in [1.82, 2.24) is 19.5 Å². The molecule has 9 heteroatoms. The topological polar surface area (TPSA) is 111 Å². The minimum Gasteiger partial charge on any atom is -0.390 e. The third-order valence-electron chi connectivity index (χ3n) is 6.61. The number of anilines is 2. The van der Waals surface area contributed by atoms with Crippen LogP contribution in [0, 0.1) is 5.92 Å². The molecule has 0 bridgehead atoms. The molecule has 1 saturated heterocycles. The van der Waals surface area contributed by atoms with E-state index in [1.165, 1.54) is 26.6 Å². The van der Waals surface area contributed by atoms with Crippen LogP contribution in [0.15, 0.2) is 11.2 Å². The average molecular weight is 418 g/mol. The average Bonchev–Trinajstić information content (AvgIpc) is 3.31. The molecule has 0 spiro atoms. The van der Waals surface area contributed by atoms with Crippen LogP contribution >= 0.6 is 0 Å². The van der Waals surface area contributed by atoms with E-state index in [0.29, 0.717) is 0 Å². The number of H-pyrrole nitrogens is 1. The molecule has 3 N–H and O–H groups in total. The van der Waals surface area contributed by atoms with Crippen LogP contribution in [0.3, 0.4) is 0 Å². The second-order valence-electron chi connectivity index (χ2n) is 9.00. The smallest absolute Gasteiger partial charge is 0.278 e. The number of aliphatic hydroxyl groups is 1. The van der Waals surface area contributed by atoms with Crippen molar-refractivity contribution in [3.05, 3.63) is 28.3 Å². The van der Waals surface area contributed by atoms with E-state index in [9.17, 15) is 13.5 Å². The molecule has 1 aromatic carbocycles. The maximum Gasteiger partial charge on any atom is 0.278 e. The summed E-state index contributed by atoms with van der Waals surface area (Å²) >= 11 is 0. The van der Waals surface area contributed by atoms with Gasteiger partial charge in [-0.25, -0.2) is 13.5 Å². The van der Waals surface area contributed by atoms with Gasteiger partial charge in [-0.3, -0.25) is 0 Å². The van der Waals surface area contributed by atoms with Gasteiger partial charge in [-0.1, -0.05) is 6.07 Å². The van der Waals surface area contributed by atoms with Gasteiger partial charge < -0.3 is 10.4 Å². The Morgan fingerprint density at radius 2 is 1.76 bits per heavy atom. The number of aromatic amines is 1. The summed E-state index contributed by atoms with van der Waals surface area (Å²) in [6.45, 7) is 3.98. The van der Waals surface area contributed by atoms with Crippen LogP contribution in [0.1, 0.15) is 48.9 Å². The Kier molecular flexibility index (Phi) is 4.27. The molecule has 2 aliphatic carbocycles. The zero-order valence-electron chi connectivity index (χ0n) is 16.8.